The fraction of sp³-hybridized carbons (Fsp3) is 0.571. The number of carbonyl (C=O) groups excluding carboxylic acids is 2. The zero-order valence-electron chi connectivity index (χ0n) is 15.7. The molecule has 0 saturated heterocycles. The van der Waals surface area contributed by atoms with Crippen LogP contribution in [-0.2, 0) is 14.4 Å². The summed E-state index contributed by atoms with van der Waals surface area (Å²) in [6.45, 7) is 1.33. The van der Waals surface area contributed by atoms with Crippen LogP contribution in [0.25, 0.3) is 0 Å². The van der Waals surface area contributed by atoms with E-state index in [1.807, 2.05) is 24.3 Å². The molecule has 2 N–H and O–H groups in total. The van der Waals surface area contributed by atoms with Crippen molar-refractivity contribution in [1.82, 2.24) is 4.90 Å². The molecule has 1 aromatic rings. The number of Topliss-reactive ketones (excluding diaryl/α,β-unsaturated/α-hetero) is 1. The van der Waals surface area contributed by atoms with Gasteiger partial charge in [-0.3, -0.25) is 14.4 Å². The van der Waals surface area contributed by atoms with Gasteiger partial charge in [-0.1, -0.05) is 37.5 Å². The number of fused-ring (bicyclic) bond motifs is 1. The maximum atomic E-state index is 13.0. The number of anilines is 1. The molecule has 1 amide bonds. The summed E-state index contributed by atoms with van der Waals surface area (Å²) in [4.78, 5) is 38.4. The van der Waals surface area contributed by atoms with Crippen molar-refractivity contribution >= 4 is 23.3 Å². The molecule has 1 aliphatic carbocycles. The number of hydrogen-bond acceptors (Lipinski definition) is 4. The highest BCUT2D eigenvalue weighted by atomic mass is 16.4. The van der Waals surface area contributed by atoms with Gasteiger partial charge < -0.3 is 15.3 Å². The van der Waals surface area contributed by atoms with Crippen molar-refractivity contribution in [3.05, 3.63) is 29.8 Å². The number of nitrogens with one attached hydrogen (secondary N) is 1. The molecule has 0 bridgehead atoms. The van der Waals surface area contributed by atoms with Crippen LogP contribution in [0.1, 0.15) is 56.4 Å². The molecule has 1 unspecified atom stereocenters. The van der Waals surface area contributed by atoms with Crippen LogP contribution in [-0.4, -0.2) is 47.3 Å². The highest BCUT2D eigenvalue weighted by Gasteiger charge is 2.35. The number of rotatable bonds is 8. The first-order valence-corrected chi connectivity index (χ1v) is 9.94. The van der Waals surface area contributed by atoms with E-state index in [0.717, 1.165) is 36.9 Å². The molecular weight excluding hydrogens is 344 g/mol. The Morgan fingerprint density at radius 1 is 1.11 bits per heavy atom. The van der Waals surface area contributed by atoms with E-state index in [9.17, 15) is 14.4 Å². The summed E-state index contributed by atoms with van der Waals surface area (Å²) in [5.74, 6) is -1.77. The summed E-state index contributed by atoms with van der Waals surface area (Å²) in [7, 11) is 0. The zero-order chi connectivity index (χ0) is 19.2. The molecule has 6 heteroatoms. The van der Waals surface area contributed by atoms with Gasteiger partial charge in [0.25, 0.3) is 5.91 Å². The summed E-state index contributed by atoms with van der Waals surface area (Å²) >= 11 is 0. The number of aliphatic carboxylic acids is 1. The molecule has 6 nitrogen and oxygen atoms in total. The molecular formula is C21H28N2O4. The Kier molecular flexibility index (Phi) is 6.48. The second-order valence-electron chi connectivity index (χ2n) is 7.64. The van der Waals surface area contributed by atoms with Gasteiger partial charge in [0.1, 0.15) is 0 Å². The third-order valence-electron chi connectivity index (χ3n) is 5.67. The Hall–Kier alpha value is -2.37. The van der Waals surface area contributed by atoms with Gasteiger partial charge in [0.2, 0.25) is 5.78 Å². The zero-order valence-corrected chi connectivity index (χ0v) is 15.7. The van der Waals surface area contributed by atoms with Gasteiger partial charge >= 0.3 is 5.97 Å². The van der Waals surface area contributed by atoms with Gasteiger partial charge in [-0.15, -0.1) is 0 Å². The van der Waals surface area contributed by atoms with Gasteiger partial charge in [-0.25, -0.2) is 0 Å². The fourth-order valence-electron chi connectivity index (χ4n) is 4.20. The number of carboxylic acids is 1. The normalized spacial score (nSPS) is 19.2. The van der Waals surface area contributed by atoms with Crippen LogP contribution in [0.4, 0.5) is 5.69 Å². The molecule has 2 aliphatic rings. The Morgan fingerprint density at radius 2 is 1.85 bits per heavy atom. The van der Waals surface area contributed by atoms with Gasteiger partial charge in [-0.2, -0.15) is 0 Å². The monoisotopic (exact) mass is 372 g/mol. The minimum absolute atomic E-state index is 0.0104. The molecule has 146 valence electrons. The topological polar surface area (TPSA) is 86.7 Å². The SMILES string of the molecule is O=C(O)CCCN(CC1CCCCC1)C(=O)C(=O)C1CNc2ccccc21. The van der Waals surface area contributed by atoms with Gasteiger partial charge in [-0.05, 0) is 36.8 Å². The largest absolute Gasteiger partial charge is 0.481 e. The first-order valence-electron chi connectivity index (χ1n) is 9.94. The van der Waals surface area contributed by atoms with E-state index in [0.29, 0.717) is 32.0 Å². The van der Waals surface area contributed by atoms with Crippen LogP contribution < -0.4 is 5.32 Å². The van der Waals surface area contributed by atoms with E-state index in [-0.39, 0.29) is 6.42 Å². The van der Waals surface area contributed by atoms with Crippen LogP contribution in [0.3, 0.4) is 0 Å². The van der Waals surface area contributed by atoms with E-state index in [1.165, 1.54) is 6.42 Å². The van der Waals surface area contributed by atoms with Crippen LogP contribution in [0.15, 0.2) is 24.3 Å². The number of benzene rings is 1. The third-order valence-corrected chi connectivity index (χ3v) is 5.67. The van der Waals surface area contributed by atoms with Crippen molar-refractivity contribution in [3.63, 3.8) is 0 Å². The lowest BCUT2D eigenvalue weighted by Gasteiger charge is -2.30. The highest BCUT2D eigenvalue weighted by molar-refractivity contribution is 6.38. The lowest BCUT2D eigenvalue weighted by Crippen LogP contribution is -2.43. The van der Waals surface area contributed by atoms with Gasteiger partial charge in [0.05, 0.1) is 5.92 Å². The molecule has 1 atom stereocenters. The van der Waals surface area contributed by atoms with Crippen LogP contribution in [0.5, 0.6) is 0 Å². The molecule has 1 fully saturated rings. The minimum Gasteiger partial charge on any atom is -0.481 e. The Balaban J connectivity index is 1.68. The molecule has 1 aromatic carbocycles. The third kappa shape index (κ3) is 4.87. The Labute approximate surface area is 159 Å². The molecule has 1 heterocycles. The number of amides is 1. The summed E-state index contributed by atoms with van der Waals surface area (Å²) < 4.78 is 0. The Bertz CT molecular complexity index is 697. The number of carbonyl (C=O) groups is 3. The van der Waals surface area contributed by atoms with Crippen LogP contribution in [0, 0.1) is 5.92 Å². The first-order chi connectivity index (χ1) is 13.1. The van der Waals surface area contributed by atoms with Crippen molar-refractivity contribution in [2.24, 2.45) is 5.92 Å². The van der Waals surface area contributed by atoms with E-state index >= 15 is 0 Å². The van der Waals surface area contributed by atoms with E-state index < -0.39 is 23.6 Å². The van der Waals surface area contributed by atoms with E-state index in [1.54, 1.807) is 4.90 Å². The fourth-order valence-corrected chi connectivity index (χ4v) is 4.20. The number of carboxylic acid groups (broad SMARTS) is 1. The predicted octanol–water partition coefficient (Wildman–Crippen LogP) is 3.04. The standard InChI is InChI=1S/C21H28N2O4/c24-19(25)11-6-12-23(14-15-7-2-1-3-8-15)21(27)20(26)17-13-22-18-10-5-4-9-16(17)18/h4-5,9-10,15,17,22H,1-3,6-8,11-14H2,(H,24,25). The molecule has 1 saturated carbocycles. The van der Waals surface area contributed by atoms with Crippen molar-refractivity contribution < 1.29 is 19.5 Å². The molecule has 0 aromatic heterocycles. The highest BCUT2D eigenvalue weighted by Crippen LogP contribution is 2.32. The number of nitrogens with zero attached hydrogens (tertiary/aromatic N) is 1. The van der Waals surface area contributed by atoms with Crippen molar-refractivity contribution in [2.75, 3.05) is 25.0 Å². The van der Waals surface area contributed by atoms with Gasteiger partial charge in [0.15, 0.2) is 0 Å². The molecule has 1 aliphatic heterocycles. The smallest absolute Gasteiger partial charge is 0.303 e. The molecule has 27 heavy (non-hydrogen) atoms. The molecule has 3 rings (SSSR count). The van der Waals surface area contributed by atoms with E-state index in [2.05, 4.69) is 5.32 Å². The van der Waals surface area contributed by atoms with Crippen molar-refractivity contribution in [1.29, 1.82) is 0 Å². The first kappa shape index (κ1) is 19.4. The average Bonchev–Trinajstić information content (AvgIpc) is 3.11. The predicted molar refractivity (Wildman–Crippen MR) is 103 cm³/mol. The molecule has 0 spiro atoms. The lowest BCUT2D eigenvalue weighted by molar-refractivity contribution is -0.146. The lowest BCUT2D eigenvalue weighted by atomic mass is 9.88. The van der Waals surface area contributed by atoms with Crippen LogP contribution in [0.2, 0.25) is 0 Å². The van der Waals surface area contributed by atoms with Crippen molar-refractivity contribution in [2.45, 2.75) is 50.9 Å². The Morgan fingerprint density at radius 3 is 2.59 bits per heavy atom. The van der Waals surface area contributed by atoms with Gasteiger partial charge in [0, 0.05) is 31.7 Å². The average molecular weight is 372 g/mol. The second-order valence-corrected chi connectivity index (χ2v) is 7.64. The van der Waals surface area contributed by atoms with Crippen molar-refractivity contribution in [3.8, 4) is 0 Å². The van der Waals surface area contributed by atoms with Crippen LogP contribution >= 0.6 is 0 Å². The summed E-state index contributed by atoms with van der Waals surface area (Å²) in [6.07, 6.45) is 6.09. The summed E-state index contributed by atoms with van der Waals surface area (Å²) in [6, 6.07) is 7.59. The number of hydrogen-bond donors (Lipinski definition) is 2. The summed E-state index contributed by atoms with van der Waals surface area (Å²) in [5, 5.41) is 12.1. The minimum atomic E-state index is -0.875. The number of para-hydroxylation sites is 1. The maximum absolute atomic E-state index is 13.0. The van der Waals surface area contributed by atoms with E-state index in [4.69, 9.17) is 5.11 Å². The quantitative estimate of drug-likeness (QED) is 0.685. The molecule has 0 radical (unpaired) electrons. The summed E-state index contributed by atoms with van der Waals surface area (Å²) in [5.41, 5.74) is 1.78. The maximum Gasteiger partial charge on any atom is 0.303 e. The second kappa shape index (κ2) is 9.02. The number of ketones is 1.